The van der Waals surface area contributed by atoms with E-state index in [9.17, 15) is 32.7 Å². The average Bonchev–Trinajstić information content (AvgIpc) is 3.02. The Morgan fingerprint density at radius 1 is 1.18 bits per heavy atom. The Kier molecular flexibility index (Phi) is 7.46. The lowest BCUT2D eigenvalue weighted by atomic mass is 10.1. The lowest BCUT2D eigenvalue weighted by molar-refractivity contribution is -0.137. The molecular weight excluding hydrogens is 545 g/mol. The Morgan fingerprint density at radius 3 is 2.47 bits per heavy atom. The van der Waals surface area contributed by atoms with Crippen LogP contribution in [-0.2, 0) is 15.8 Å². The smallest absolute Gasteiger partial charge is 0.416 e. The molecule has 0 bridgehead atoms. The highest BCUT2D eigenvalue weighted by Gasteiger charge is 2.37. The second-order valence-corrected chi connectivity index (χ2v) is 8.68. The summed E-state index contributed by atoms with van der Waals surface area (Å²) in [7, 11) is 2.56. The first-order chi connectivity index (χ1) is 15.9. The second kappa shape index (κ2) is 9.97. The lowest BCUT2D eigenvalue weighted by Crippen LogP contribution is -2.36. The van der Waals surface area contributed by atoms with Gasteiger partial charge in [0.25, 0.3) is 11.1 Å². The largest absolute Gasteiger partial charge is 0.504 e. The highest BCUT2D eigenvalue weighted by molar-refractivity contribution is 9.10. The van der Waals surface area contributed by atoms with Gasteiger partial charge in [0.2, 0.25) is 5.91 Å². The zero-order chi connectivity index (χ0) is 25.2. The topological polar surface area (TPSA) is 105 Å². The third-order valence-corrected chi connectivity index (χ3v) is 5.92. The molecule has 3 rings (SSSR count). The molecule has 1 heterocycles. The number of ether oxygens (including phenoxy) is 2. The van der Waals surface area contributed by atoms with Gasteiger partial charge in [0.05, 0.1) is 30.4 Å². The van der Waals surface area contributed by atoms with Gasteiger partial charge in [-0.15, -0.1) is 0 Å². The molecule has 0 saturated carbocycles. The third kappa shape index (κ3) is 5.47. The summed E-state index contributed by atoms with van der Waals surface area (Å²) in [6.07, 6.45) is -3.38. The molecular formula is C21H16BrF3N2O6S. The third-order valence-electron chi connectivity index (χ3n) is 4.55. The van der Waals surface area contributed by atoms with Crippen LogP contribution in [0.25, 0.3) is 6.08 Å². The van der Waals surface area contributed by atoms with Crippen molar-refractivity contribution in [1.29, 1.82) is 0 Å². The van der Waals surface area contributed by atoms with Crippen molar-refractivity contribution >= 4 is 56.5 Å². The number of alkyl halides is 3. The number of methoxy groups -OCH3 is 2. The first kappa shape index (κ1) is 25.4. The predicted octanol–water partition coefficient (Wildman–Crippen LogP) is 4.87. The van der Waals surface area contributed by atoms with Crippen LogP contribution < -0.4 is 14.8 Å². The average molecular weight is 561 g/mol. The number of benzene rings is 2. The fourth-order valence-electron chi connectivity index (χ4n) is 2.95. The van der Waals surface area contributed by atoms with Crippen molar-refractivity contribution in [1.82, 2.24) is 4.90 Å². The molecule has 8 nitrogen and oxygen atoms in total. The molecule has 0 atom stereocenters. The Labute approximate surface area is 203 Å². The van der Waals surface area contributed by atoms with Gasteiger partial charge in [-0.2, -0.15) is 13.2 Å². The molecule has 1 aliphatic rings. The molecule has 2 aromatic rings. The minimum absolute atomic E-state index is 0.0329. The van der Waals surface area contributed by atoms with E-state index in [1.54, 1.807) is 0 Å². The van der Waals surface area contributed by atoms with Gasteiger partial charge in [0, 0.05) is 10.0 Å². The molecule has 0 unspecified atom stereocenters. The van der Waals surface area contributed by atoms with Crippen molar-refractivity contribution in [3.8, 4) is 17.2 Å². The molecule has 13 heteroatoms. The van der Waals surface area contributed by atoms with Gasteiger partial charge in [-0.25, -0.2) is 0 Å². The quantitative estimate of drug-likeness (QED) is 0.486. The fourth-order valence-corrected chi connectivity index (χ4v) is 4.24. The summed E-state index contributed by atoms with van der Waals surface area (Å²) in [6.45, 7) is -0.741. The number of halogens is 4. The highest BCUT2D eigenvalue weighted by Crippen LogP contribution is 2.39. The molecule has 3 amide bonds. The predicted molar refractivity (Wildman–Crippen MR) is 122 cm³/mol. The van der Waals surface area contributed by atoms with E-state index in [0.717, 1.165) is 12.1 Å². The van der Waals surface area contributed by atoms with Crippen LogP contribution in [0.3, 0.4) is 0 Å². The van der Waals surface area contributed by atoms with Crippen molar-refractivity contribution in [2.24, 2.45) is 0 Å². The van der Waals surface area contributed by atoms with Gasteiger partial charge in [0.15, 0.2) is 11.5 Å². The number of hydrogen-bond acceptors (Lipinski definition) is 7. The summed E-state index contributed by atoms with van der Waals surface area (Å²) in [4.78, 5) is 38.1. The van der Waals surface area contributed by atoms with Crippen LogP contribution in [0, 0.1) is 0 Å². The Balaban J connectivity index is 1.80. The number of phenols is 1. The summed E-state index contributed by atoms with van der Waals surface area (Å²) in [5.41, 5.74) is -1.09. The second-order valence-electron chi connectivity index (χ2n) is 6.77. The number of nitrogens with one attached hydrogen (secondary N) is 1. The molecule has 0 radical (unpaired) electrons. The fraction of sp³-hybridized carbons (Fsp3) is 0.190. The maximum absolute atomic E-state index is 13.0. The number of rotatable bonds is 6. The van der Waals surface area contributed by atoms with Crippen LogP contribution in [0.4, 0.5) is 23.7 Å². The van der Waals surface area contributed by atoms with E-state index in [-0.39, 0.29) is 33.4 Å². The Bertz CT molecular complexity index is 1200. The number of imide groups is 1. The number of thioether (sulfide) groups is 1. The number of amides is 3. The Morgan fingerprint density at radius 2 is 1.85 bits per heavy atom. The van der Waals surface area contributed by atoms with Crippen LogP contribution in [0.1, 0.15) is 11.1 Å². The monoisotopic (exact) mass is 560 g/mol. The highest BCUT2D eigenvalue weighted by atomic mass is 79.9. The van der Waals surface area contributed by atoms with Crippen LogP contribution in [-0.4, -0.2) is 47.8 Å². The van der Waals surface area contributed by atoms with Gasteiger partial charge in [-0.3, -0.25) is 19.3 Å². The summed E-state index contributed by atoms with van der Waals surface area (Å²) in [6, 6.07) is 5.53. The van der Waals surface area contributed by atoms with Gasteiger partial charge < -0.3 is 19.9 Å². The van der Waals surface area contributed by atoms with Gasteiger partial charge in [-0.05, 0) is 48.2 Å². The lowest BCUT2D eigenvalue weighted by Gasteiger charge is -2.16. The first-order valence-corrected chi connectivity index (χ1v) is 10.9. The molecule has 0 aromatic heterocycles. The normalized spacial score (nSPS) is 15.1. The van der Waals surface area contributed by atoms with Gasteiger partial charge in [0.1, 0.15) is 12.3 Å². The number of aromatic hydroxyl groups is 1. The van der Waals surface area contributed by atoms with Crippen molar-refractivity contribution in [2.75, 3.05) is 26.1 Å². The van der Waals surface area contributed by atoms with Crippen molar-refractivity contribution in [2.45, 2.75) is 6.18 Å². The molecule has 1 fully saturated rings. The van der Waals surface area contributed by atoms with E-state index in [1.807, 2.05) is 0 Å². The minimum Gasteiger partial charge on any atom is -0.504 e. The van der Waals surface area contributed by atoms with Crippen LogP contribution in [0.2, 0.25) is 0 Å². The minimum atomic E-state index is -4.65. The molecule has 2 aromatic carbocycles. The van der Waals surface area contributed by atoms with E-state index in [1.165, 1.54) is 32.4 Å². The molecule has 2 N–H and O–H groups in total. The summed E-state index contributed by atoms with van der Waals surface area (Å²) in [5, 5.41) is 11.7. The summed E-state index contributed by atoms with van der Waals surface area (Å²) < 4.78 is 49.6. The van der Waals surface area contributed by atoms with Crippen LogP contribution in [0.15, 0.2) is 39.7 Å². The number of anilines is 1. The maximum Gasteiger partial charge on any atom is 0.416 e. The Hall–Kier alpha value is -3.19. The van der Waals surface area contributed by atoms with E-state index in [2.05, 4.69) is 21.2 Å². The van der Waals surface area contributed by atoms with E-state index >= 15 is 0 Å². The van der Waals surface area contributed by atoms with Crippen molar-refractivity contribution in [3.05, 3.63) is 50.8 Å². The number of carbonyl (C=O) groups is 3. The number of phenolic OH excluding ortho intramolecular Hbond substituents is 1. The van der Waals surface area contributed by atoms with E-state index < -0.39 is 35.3 Å². The van der Waals surface area contributed by atoms with Gasteiger partial charge >= 0.3 is 6.18 Å². The van der Waals surface area contributed by atoms with Crippen LogP contribution >= 0.6 is 27.7 Å². The SMILES string of the molecule is COc1ccc(C(F)(F)F)cc1NC(=O)CN1C(=O)S/C(=C\c2cc(Br)cc(OC)c2O)C1=O. The first-order valence-electron chi connectivity index (χ1n) is 9.31. The summed E-state index contributed by atoms with van der Waals surface area (Å²) >= 11 is 3.79. The maximum atomic E-state index is 13.0. The number of nitrogens with zero attached hydrogens (tertiary/aromatic N) is 1. The van der Waals surface area contributed by atoms with E-state index in [0.29, 0.717) is 27.2 Å². The molecule has 0 aliphatic carbocycles. The number of carbonyl (C=O) groups excluding carboxylic acids is 3. The summed E-state index contributed by atoms with van der Waals surface area (Å²) in [5.74, 6) is -1.87. The van der Waals surface area contributed by atoms with Crippen LogP contribution in [0.5, 0.6) is 17.2 Å². The van der Waals surface area contributed by atoms with Gasteiger partial charge in [-0.1, -0.05) is 15.9 Å². The molecule has 1 aliphatic heterocycles. The standard InChI is InChI=1S/C21H16BrF3N2O6S/c1-32-14-4-3-11(21(23,24)25)7-13(14)26-17(28)9-27-19(30)16(34-20(27)31)6-10-5-12(22)8-15(33-2)18(10)29/h3-8,29H,9H2,1-2H3,(H,26,28)/b16-6-. The zero-order valence-electron chi connectivity index (χ0n) is 17.5. The van der Waals surface area contributed by atoms with Crippen molar-refractivity contribution in [3.63, 3.8) is 0 Å². The molecule has 1 saturated heterocycles. The zero-order valence-corrected chi connectivity index (χ0v) is 19.9. The molecule has 0 spiro atoms. The molecule has 180 valence electrons. The van der Waals surface area contributed by atoms with E-state index in [4.69, 9.17) is 9.47 Å². The van der Waals surface area contributed by atoms with Crippen molar-refractivity contribution < 1.29 is 42.1 Å². The number of hydrogen-bond donors (Lipinski definition) is 2. The molecule has 34 heavy (non-hydrogen) atoms.